The maximum absolute atomic E-state index is 14.9. The largest absolute Gasteiger partial charge is 0.497 e. The van der Waals surface area contributed by atoms with Gasteiger partial charge >= 0.3 is 12.1 Å². The fourth-order valence-electron chi connectivity index (χ4n) is 8.44. The van der Waals surface area contributed by atoms with E-state index in [9.17, 15) is 40.8 Å². The summed E-state index contributed by atoms with van der Waals surface area (Å²) in [6, 6.07) is 6.03. The van der Waals surface area contributed by atoms with Crippen molar-refractivity contribution in [3.05, 3.63) is 36.4 Å². The number of nitrogens with one attached hydrogen (secondary N) is 1. The average molecular weight is 863 g/mol. The first kappa shape index (κ1) is 45.1. The molecule has 13 nitrogen and oxygen atoms in total. The van der Waals surface area contributed by atoms with Gasteiger partial charge in [-0.25, -0.2) is 8.42 Å². The third kappa shape index (κ3) is 9.25. The number of amides is 2. The molecule has 3 heterocycles. The van der Waals surface area contributed by atoms with E-state index in [2.05, 4.69) is 4.72 Å². The van der Waals surface area contributed by atoms with Crippen LogP contribution in [-0.2, 0) is 33.9 Å². The second kappa shape index (κ2) is 16.5. The molecule has 1 aromatic carbocycles. The second-order valence-corrected chi connectivity index (χ2v) is 20.6. The second-order valence-electron chi connectivity index (χ2n) is 18.4. The quantitative estimate of drug-likeness (QED) is 0.205. The van der Waals surface area contributed by atoms with Gasteiger partial charge in [0, 0.05) is 32.3 Å². The third-order valence-electron chi connectivity index (χ3n) is 13.0. The number of carbonyl (C=O) groups excluding carboxylic acids is 4. The van der Waals surface area contributed by atoms with E-state index in [-0.39, 0.29) is 37.6 Å². The molecule has 6 rings (SSSR count). The van der Waals surface area contributed by atoms with Gasteiger partial charge in [-0.05, 0) is 107 Å². The lowest BCUT2D eigenvalue weighted by atomic mass is 9.82. The molecule has 2 saturated carbocycles. The normalized spacial score (nSPS) is 29.0. The summed E-state index contributed by atoms with van der Waals surface area (Å²) < 4.78 is 86.1. The molecular formula is C43H57F3N4O9S. The van der Waals surface area contributed by atoms with Crippen LogP contribution in [0.4, 0.5) is 19.0 Å². The number of fused-ring (bicyclic) bond motifs is 3. The van der Waals surface area contributed by atoms with Gasteiger partial charge in [0.2, 0.25) is 33.3 Å². The van der Waals surface area contributed by atoms with Gasteiger partial charge in [-0.15, -0.1) is 0 Å². The van der Waals surface area contributed by atoms with E-state index in [0.717, 1.165) is 19.2 Å². The molecule has 60 heavy (non-hydrogen) atoms. The number of Topliss-reactive ketones (excluding diaryl/α,β-unsaturated/α-hetero) is 1. The average Bonchev–Trinajstić information content (AvgIpc) is 4.04. The highest BCUT2D eigenvalue weighted by atomic mass is 32.2. The van der Waals surface area contributed by atoms with Crippen LogP contribution in [0.15, 0.2) is 36.4 Å². The SMILES string of the molecule is COc1ccc2c(O[C@@H]3C[C@H]4C(=O)C[C@]5(C(=O)NS(=O)(=O)C6(C)CC6)C[C@H]5/C=C\CCC(C)C[C@@H](C)[C@H](CC(=O)OC(C)(C)C(F)(F)F)C(=O)N4C3)nc(N(C)C)cc2c1. The number of methoxy groups -OCH3 is 1. The highest BCUT2D eigenvalue weighted by Crippen LogP contribution is 2.58. The Morgan fingerprint density at radius 3 is 2.42 bits per heavy atom. The standard InChI is InChI=1S/C43H57F3N4O9S/c1-25-11-9-10-12-28-22-42(28,39(54)48-60(55,56)41(5)15-16-41)23-34(51)33-20-30(58-37-31-14-13-29(57-8)18-27(31)19-35(47-37)49(6)7)24-50(33)38(53)32(26(2)17-25)21-36(52)59-40(3,4)43(44,45)46/h10,12-14,18-19,25-26,28,30,32-33H,9,11,15-17,20-24H2,1-8H3,(H,48,54)/b12-10-/t25?,26-,28-,30-,32+,33+,42-/m1/s1. The molecule has 0 radical (unpaired) electrons. The number of ketones is 1. The minimum absolute atomic E-state index is 0.0124. The van der Waals surface area contributed by atoms with Crippen molar-refractivity contribution in [1.29, 1.82) is 0 Å². The smallest absolute Gasteiger partial charge is 0.427 e. The number of nitrogens with zero attached hydrogens (tertiary/aromatic N) is 3. The number of anilines is 1. The van der Waals surface area contributed by atoms with Crippen LogP contribution in [0.5, 0.6) is 11.6 Å². The molecule has 2 amide bonds. The van der Waals surface area contributed by atoms with E-state index < -0.39 is 91.8 Å². The van der Waals surface area contributed by atoms with E-state index in [1.165, 1.54) is 4.90 Å². The van der Waals surface area contributed by atoms with Crippen LogP contribution in [-0.4, -0.2) is 98.3 Å². The Morgan fingerprint density at radius 2 is 1.78 bits per heavy atom. The number of allylic oxidation sites excluding steroid dienone is 2. The van der Waals surface area contributed by atoms with Crippen molar-refractivity contribution in [2.75, 3.05) is 32.6 Å². The molecule has 0 bridgehead atoms. The van der Waals surface area contributed by atoms with E-state index in [1.807, 2.05) is 45.3 Å². The van der Waals surface area contributed by atoms with Crippen molar-refractivity contribution in [2.45, 2.75) is 121 Å². The minimum Gasteiger partial charge on any atom is -0.497 e. The molecule has 1 saturated heterocycles. The summed E-state index contributed by atoms with van der Waals surface area (Å²) >= 11 is 0. The van der Waals surface area contributed by atoms with Crippen LogP contribution in [0.3, 0.4) is 0 Å². The number of pyridine rings is 1. The molecular weight excluding hydrogens is 806 g/mol. The molecule has 2 aromatic rings. The zero-order valence-electron chi connectivity index (χ0n) is 35.6. The summed E-state index contributed by atoms with van der Waals surface area (Å²) in [4.78, 5) is 64.9. The van der Waals surface area contributed by atoms with Crippen LogP contribution in [0.2, 0.25) is 0 Å². The van der Waals surface area contributed by atoms with Crippen LogP contribution < -0.4 is 19.1 Å². The Balaban J connectivity index is 1.38. The van der Waals surface area contributed by atoms with E-state index in [4.69, 9.17) is 19.2 Å². The van der Waals surface area contributed by atoms with Crippen molar-refractivity contribution < 1.29 is 55.0 Å². The van der Waals surface area contributed by atoms with Gasteiger partial charge in [0.25, 0.3) is 0 Å². The Hall–Kier alpha value is -4.41. The zero-order valence-corrected chi connectivity index (χ0v) is 36.4. The van der Waals surface area contributed by atoms with Gasteiger partial charge in [0.05, 0.1) is 42.2 Å². The summed E-state index contributed by atoms with van der Waals surface area (Å²) in [6.45, 7) is 6.65. The van der Waals surface area contributed by atoms with Gasteiger partial charge in [-0.2, -0.15) is 18.2 Å². The first-order valence-electron chi connectivity index (χ1n) is 20.6. The number of sulfonamides is 1. The number of aromatic nitrogens is 1. The monoisotopic (exact) mass is 862 g/mol. The molecule has 2 aliphatic carbocycles. The van der Waals surface area contributed by atoms with Gasteiger partial charge in [0.15, 0.2) is 5.78 Å². The molecule has 3 fully saturated rings. The Kier molecular flexibility index (Phi) is 12.4. The summed E-state index contributed by atoms with van der Waals surface area (Å²) in [6.07, 6.45) is -0.275. The molecule has 1 N–H and O–H groups in total. The summed E-state index contributed by atoms with van der Waals surface area (Å²) in [5.41, 5.74) is -4.20. The van der Waals surface area contributed by atoms with Gasteiger partial charge in [-0.1, -0.05) is 26.0 Å². The first-order valence-corrected chi connectivity index (χ1v) is 22.1. The van der Waals surface area contributed by atoms with Crippen molar-refractivity contribution in [3.63, 3.8) is 0 Å². The Labute approximate surface area is 349 Å². The Morgan fingerprint density at radius 1 is 1.08 bits per heavy atom. The summed E-state index contributed by atoms with van der Waals surface area (Å²) in [7, 11) is 1.13. The summed E-state index contributed by atoms with van der Waals surface area (Å²) in [5.74, 6) is -3.83. The predicted octanol–water partition coefficient (Wildman–Crippen LogP) is 6.52. The van der Waals surface area contributed by atoms with Crippen LogP contribution in [0.25, 0.3) is 10.8 Å². The molecule has 7 atom stereocenters. The molecule has 4 aliphatic rings. The number of esters is 1. The fraction of sp³-hybridized carbons (Fsp3) is 0.651. The predicted molar refractivity (Wildman–Crippen MR) is 218 cm³/mol. The molecule has 1 aromatic heterocycles. The number of benzene rings is 1. The van der Waals surface area contributed by atoms with Gasteiger partial charge in [-0.3, -0.25) is 23.9 Å². The number of rotatable bonds is 10. The number of ether oxygens (including phenoxy) is 3. The lowest BCUT2D eigenvalue weighted by molar-refractivity contribution is -0.257. The van der Waals surface area contributed by atoms with Crippen molar-refractivity contribution in [1.82, 2.24) is 14.6 Å². The number of alkyl halides is 3. The topological polar surface area (TPSA) is 162 Å². The lowest BCUT2D eigenvalue weighted by Gasteiger charge is -2.33. The van der Waals surface area contributed by atoms with E-state index in [0.29, 0.717) is 49.1 Å². The van der Waals surface area contributed by atoms with E-state index in [1.54, 1.807) is 38.0 Å². The highest BCUT2D eigenvalue weighted by Gasteiger charge is 2.63. The first-order chi connectivity index (χ1) is 27.9. The maximum Gasteiger partial charge on any atom is 0.427 e. The van der Waals surface area contributed by atoms with Crippen LogP contribution in [0, 0.1) is 29.1 Å². The third-order valence-corrected chi connectivity index (χ3v) is 15.1. The molecule has 330 valence electrons. The van der Waals surface area contributed by atoms with Gasteiger partial charge < -0.3 is 24.0 Å². The van der Waals surface area contributed by atoms with Gasteiger partial charge in [0.1, 0.15) is 17.7 Å². The van der Waals surface area contributed by atoms with Crippen LogP contribution in [0.1, 0.15) is 92.4 Å². The summed E-state index contributed by atoms with van der Waals surface area (Å²) in [5, 5.41) is 1.38. The number of hydrogen-bond donors (Lipinski definition) is 1. The fourth-order valence-corrected chi connectivity index (χ4v) is 9.78. The van der Waals surface area contributed by atoms with Crippen LogP contribution >= 0.6 is 0 Å². The minimum atomic E-state index is -4.87. The molecule has 0 spiro atoms. The molecule has 2 aliphatic heterocycles. The lowest BCUT2D eigenvalue weighted by Crippen LogP contribution is -2.48. The zero-order chi connectivity index (χ0) is 44.2. The number of hydrogen-bond acceptors (Lipinski definition) is 11. The van der Waals surface area contributed by atoms with E-state index >= 15 is 0 Å². The van der Waals surface area contributed by atoms with Crippen molar-refractivity contribution >= 4 is 50.2 Å². The Bertz CT molecular complexity index is 2160. The van der Waals surface area contributed by atoms with Crippen molar-refractivity contribution in [2.24, 2.45) is 29.1 Å². The number of carbonyl (C=O) groups is 4. The highest BCUT2D eigenvalue weighted by molar-refractivity contribution is 7.91. The molecule has 17 heteroatoms. The number of halogens is 3. The van der Waals surface area contributed by atoms with Crippen molar-refractivity contribution in [3.8, 4) is 11.6 Å². The maximum atomic E-state index is 14.9. The molecule has 1 unspecified atom stereocenters.